The molecule has 0 radical (unpaired) electrons. The highest BCUT2D eigenvalue weighted by atomic mass is 35.5. The van der Waals surface area contributed by atoms with Crippen LogP contribution in [0.4, 0.5) is 21.5 Å². The Labute approximate surface area is 347 Å². The van der Waals surface area contributed by atoms with Crippen LogP contribution < -0.4 is 20.0 Å². The first-order chi connectivity index (χ1) is 28.3. The fraction of sp³-hybridized carbons (Fsp3) is 0.455. The molecule has 59 heavy (non-hydrogen) atoms. The highest BCUT2D eigenvalue weighted by Gasteiger charge is 2.48. The van der Waals surface area contributed by atoms with Gasteiger partial charge in [0.1, 0.15) is 12.1 Å². The second-order valence-corrected chi connectivity index (χ2v) is 17.7. The lowest BCUT2D eigenvalue weighted by Crippen LogP contribution is -2.65. The van der Waals surface area contributed by atoms with Crippen LogP contribution in [0.1, 0.15) is 75.7 Å². The van der Waals surface area contributed by atoms with E-state index in [-0.39, 0.29) is 54.9 Å². The van der Waals surface area contributed by atoms with E-state index >= 15 is 4.39 Å². The zero-order chi connectivity index (χ0) is 41.2. The minimum Gasteiger partial charge on any atom is -0.371 e. The van der Waals surface area contributed by atoms with Gasteiger partial charge in [-0.25, -0.2) is 4.39 Å². The fourth-order valence-electron chi connectivity index (χ4n) is 10.1. The molecular formula is C44H46ClFN8O5. The summed E-state index contributed by atoms with van der Waals surface area (Å²) >= 11 is 6.37. The molecule has 5 saturated heterocycles. The first kappa shape index (κ1) is 39.0. The van der Waals surface area contributed by atoms with E-state index in [4.69, 9.17) is 11.6 Å². The number of nitrogens with one attached hydrogen (secondary N) is 1. The summed E-state index contributed by atoms with van der Waals surface area (Å²) in [5, 5.41) is 12.0. The maximum Gasteiger partial charge on any atom is 0.262 e. The first-order valence-electron chi connectivity index (χ1n) is 20.5. The topological polar surface area (TPSA) is 141 Å². The molecule has 3 aromatic rings. The van der Waals surface area contributed by atoms with E-state index in [0.29, 0.717) is 54.1 Å². The van der Waals surface area contributed by atoms with Gasteiger partial charge in [-0.1, -0.05) is 11.6 Å². The number of halogens is 2. The molecule has 0 saturated carbocycles. The molecule has 15 heteroatoms. The van der Waals surface area contributed by atoms with Gasteiger partial charge in [-0.2, -0.15) is 5.26 Å². The number of imide groups is 2. The number of piperazine rings is 1. The molecule has 13 nitrogen and oxygen atoms in total. The number of rotatable bonds is 7. The summed E-state index contributed by atoms with van der Waals surface area (Å²) in [6.07, 6.45) is 3.39. The van der Waals surface area contributed by atoms with Crippen molar-refractivity contribution in [3.8, 4) is 6.07 Å². The molecule has 5 amide bonds. The van der Waals surface area contributed by atoms with E-state index < -0.39 is 35.3 Å². The Bertz CT molecular complexity index is 2280. The van der Waals surface area contributed by atoms with Crippen molar-refractivity contribution in [1.29, 1.82) is 5.26 Å². The van der Waals surface area contributed by atoms with E-state index in [1.165, 1.54) is 0 Å². The second kappa shape index (κ2) is 14.9. The third-order valence-corrected chi connectivity index (χ3v) is 13.7. The van der Waals surface area contributed by atoms with Gasteiger partial charge in [-0.05, 0) is 98.7 Å². The average molecular weight is 821 g/mol. The van der Waals surface area contributed by atoms with E-state index in [0.717, 1.165) is 55.2 Å². The molecular weight excluding hydrogens is 775 g/mol. The predicted molar refractivity (Wildman–Crippen MR) is 219 cm³/mol. The molecule has 6 heterocycles. The number of carbonyl (C=O) groups is 5. The van der Waals surface area contributed by atoms with Crippen LogP contribution in [0.5, 0.6) is 0 Å². The fourth-order valence-corrected chi connectivity index (χ4v) is 10.3. The van der Waals surface area contributed by atoms with Crippen LogP contribution in [0.3, 0.4) is 0 Å². The van der Waals surface area contributed by atoms with E-state index in [1.807, 2.05) is 46.2 Å². The van der Waals surface area contributed by atoms with E-state index in [9.17, 15) is 29.2 Å². The molecule has 0 bridgehead atoms. The highest BCUT2D eigenvalue weighted by molar-refractivity contribution is 6.32. The van der Waals surface area contributed by atoms with Crippen molar-refractivity contribution in [1.82, 2.24) is 20.0 Å². The normalized spacial score (nSPS) is 24.0. The van der Waals surface area contributed by atoms with Crippen molar-refractivity contribution in [3.63, 3.8) is 0 Å². The van der Waals surface area contributed by atoms with Gasteiger partial charge < -0.3 is 19.6 Å². The summed E-state index contributed by atoms with van der Waals surface area (Å²) in [5.41, 5.74) is 3.05. The molecule has 6 aliphatic heterocycles. The molecule has 0 aromatic heterocycles. The molecule has 3 aromatic carbocycles. The van der Waals surface area contributed by atoms with Gasteiger partial charge in [-0.3, -0.25) is 39.1 Å². The lowest BCUT2D eigenvalue weighted by molar-refractivity contribution is -0.136. The Kier molecular flexibility index (Phi) is 9.87. The quantitative estimate of drug-likeness (QED) is 0.340. The molecule has 6 aliphatic rings. The first-order valence-corrected chi connectivity index (χ1v) is 20.8. The molecule has 5 fully saturated rings. The number of nitriles is 1. The van der Waals surface area contributed by atoms with Crippen LogP contribution in [0.15, 0.2) is 60.7 Å². The maximum absolute atomic E-state index is 16.0. The van der Waals surface area contributed by atoms with Crippen molar-refractivity contribution in [3.05, 3.63) is 87.9 Å². The summed E-state index contributed by atoms with van der Waals surface area (Å²) in [4.78, 5) is 75.3. The van der Waals surface area contributed by atoms with Crippen LogP contribution >= 0.6 is 11.6 Å². The van der Waals surface area contributed by atoms with Gasteiger partial charge in [0.05, 0.1) is 34.8 Å². The molecule has 306 valence electrons. The lowest BCUT2D eigenvalue weighted by Gasteiger charge is -2.49. The van der Waals surface area contributed by atoms with Gasteiger partial charge >= 0.3 is 0 Å². The largest absolute Gasteiger partial charge is 0.371 e. The number of amides is 5. The Balaban J connectivity index is 0.734. The van der Waals surface area contributed by atoms with Crippen LogP contribution in [0.25, 0.3) is 0 Å². The number of hydrogen-bond acceptors (Lipinski definition) is 10. The minimum atomic E-state index is -1.47. The molecule has 1 N–H and O–H groups in total. The van der Waals surface area contributed by atoms with Crippen molar-refractivity contribution < 1.29 is 28.4 Å². The number of piperidine rings is 2. The van der Waals surface area contributed by atoms with Crippen molar-refractivity contribution in [2.24, 2.45) is 5.41 Å². The smallest absolute Gasteiger partial charge is 0.262 e. The maximum atomic E-state index is 16.0. The average Bonchev–Trinajstić information content (AvgIpc) is 3.67. The molecule has 0 aliphatic carbocycles. The van der Waals surface area contributed by atoms with Gasteiger partial charge in [0.15, 0.2) is 5.67 Å². The molecule has 2 atom stereocenters. The van der Waals surface area contributed by atoms with Crippen LogP contribution in [-0.2, 0) is 9.59 Å². The van der Waals surface area contributed by atoms with Gasteiger partial charge in [0, 0.05) is 87.4 Å². The van der Waals surface area contributed by atoms with Crippen molar-refractivity contribution in [2.45, 2.75) is 56.8 Å². The monoisotopic (exact) mass is 820 g/mol. The lowest BCUT2D eigenvalue weighted by atomic mass is 9.76. The number of nitrogens with zero attached hydrogens (tertiary/aromatic N) is 7. The Morgan fingerprint density at radius 1 is 0.847 bits per heavy atom. The Hall–Kier alpha value is -5.52. The zero-order valence-electron chi connectivity index (χ0n) is 33.0. The van der Waals surface area contributed by atoms with Gasteiger partial charge in [-0.15, -0.1) is 0 Å². The standard InChI is InChI=1S/C44H46ClFN8O5/c1-28-22-43(24-53(28)33-7-4-30(23-47)36(45)21-33)12-14-50(15-13-43)31-5-2-29(3-6-31)40(57)51-18-16-49(17-19-51)25-44(46)26-52(27-44)32-8-9-34-35(20-32)42(59)54(41(34)58)37-10-11-38(55)48-39(37)56/h2-9,20-21,28,37H,10-19,22,24-27H2,1H3,(H,48,55,56). The molecule has 2 unspecified atom stereocenters. The number of anilines is 3. The van der Waals surface area contributed by atoms with E-state index in [1.54, 1.807) is 24.3 Å². The minimum absolute atomic E-state index is 0.0256. The SMILES string of the molecule is CC1CC2(CCN(c3ccc(C(=O)N4CCN(CC5(F)CN(c6ccc7c(c6)C(=O)N(C6CCC(=O)NC6=O)C7=O)C5)CC4)cc3)CC2)CN1c1ccc(C#N)c(Cl)c1. The van der Waals surface area contributed by atoms with Crippen LogP contribution in [0.2, 0.25) is 5.02 Å². The third kappa shape index (κ3) is 7.18. The second-order valence-electron chi connectivity index (χ2n) is 17.2. The Morgan fingerprint density at radius 3 is 2.20 bits per heavy atom. The van der Waals surface area contributed by atoms with Gasteiger partial charge in [0.25, 0.3) is 17.7 Å². The van der Waals surface area contributed by atoms with Crippen molar-refractivity contribution in [2.75, 3.05) is 80.1 Å². The number of benzene rings is 3. The highest BCUT2D eigenvalue weighted by Crippen LogP contribution is 2.46. The molecule has 1 spiro atoms. The van der Waals surface area contributed by atoms with Gasteiger partial charge in [0.2, 0.25) is 11.8 Å². The van der Waals surface area contributed by atoms with Crippen LogP contribution in [-0.4, -0.2) is 127 Å². The zero-order valence-corrected chi connectivity index (χ0v) is 33.7. The number of hydrogen-bond donors (Lipinski definition) is 1. The molecule has 9 rings (SSSR count). The summed E-state index contributed by atoms with van der Waals surface area (Å²) < 4.78 is 16.0. The third-order valence-electron chi connectivity index (χ3n) is 13.4. The number of fused-ring (bicyclic) bond motifs is 1. The predicted octanol–water partition coefficient (Wildman–Crippen LogP) is 4.48. The van der Waals surface area contributed by atoms with E-state index in [2.05, 4.69) is 33.0 Å². The Morgan fingerprint density at radius 2 is 1.53 bits per heavy atom. The van der Waals surface area contributed by atoms with Crippen LogP contribution in [0, 0.1) is 16.7 Å². The number of carbonyl (C=O) groups excluding carboxylic acids is 5. The van der Waals surface area contributed by atoms with Crippen molar-refractivity contribution >= 4 is 58.2 Å². The summed E-state index contributed by atoms with van der Waals surface area (Å²) in [6.45, 7) is 7.72. The number of alkyl halides is 1. The summed E-state index contributed by atoms with van der Waals surface area (Å²) in [6, 6.07) is 19.9. The summed E-state index contributed by atoms with van der Waals surface area (Å²) in [7, 11) is 0. The summed E-state index contributed by atoms with van der Waals surface area (Å²) in [5.74, 6) is -2.28.